The largest absolute Gasteiger partial charge is 0.326 e. The molecule has 2 aromatic carbocycles. The molecule has 1 heterocycles. The zero-order valence-electron chi connectivity index (χ0n) is 14.6. The number of hydrogen-bond donors (Lipinski definition) is 1. The standard InChI is InChI=1S/C21H21N3O2/c25-20(23-17-11-10-15-5-3-6-16(15)13-17)9-4-12-24-14-22-19-8-2-1-7-18(19)21(24)26/h1-2,7-8,10-11,13-14H,3-6,9,12H2,(H,23,25). The second-order valence-corrected chi connectivity index (χ2v) is 6.75. The van der Waals surface area contributed by atoms with Gasteiger partial charge in [-0.05, 0) is 61.1 Å². The van der Waals surface area contributed by atoms with Gasteiger partial charge in [0.2, 0.25) is 5.91 Å². The van der Waals surface area contributed by atoms with Crippen LogP contribution in [0.25, 0.3) is 10.9 Å². The fourth-order valence-electron chi connectivity index (χ4n) is 3.55. The van der Waals surface area contributed by atoms with E-state index in [2.05, 4.69) is 22.4 Å². The van der Waals surface area contributed by atoms with Crippen molar-refractivity contribution in [3.63, 3.8) is 0 Å². The van der Waals surface area contributed by atoms with Gasteiger partial charge < -0.3 is 5.32 Å². The van der Waals surface area contributed by atoms with E-state index in [1.807, 2.05) is 24.3 Å². The summed E-state index contributed by atoms with van der Waals surface area (Å²) in [7, 11) is 0. The maximum absolute atomic E-state index is 12.4. The number of benzene rings is 2. The lowest BCUT2D eigenvalue weighted by Crippen LogP contribution is -2.21. The second-order valence-electron chi connectivity index (χ2n) is 6.75. The summed E-state index contributed by atoms with van der Waals surface area (Å²) < 4.78 is 1.57. The first-order valence-corrected chi connectivity index (χ1v) is 9.06. The number of rotatable bonds is 5. The van der Waals surface area contributed by atoms with E-state index in [4.69, 9.17) is 0 Å². The molecule has 0 bridgehead atoms. The van der Waals surface area contributed by atoms with Crippen molar-refractivity contribution in [2.24, 2.45) is 0 Å². The van der Waals surface area contributed by atoms with Crippen LogP contribution in [0.15, 0.2) is 53.6 Å². The summed E-state index contributed by atoms with van der Waals surface area (Å²) in [4.78, 5) is 28.9. The summed E-state index contributed by atoms with van der Waals surface area (Å²) in [5, 5.41) is 3.57. The van der Waals surface area contributed by atoms with Gasteiger partial charge in [0.05, 0.1) is 17.2 Å². The second kappa shape index (κ2) is 7.12. The van der Waals surface area contributed by atoms with Crippen LogP contribution < -0.4 is 10.9 Å². The molecular formula is C21H21N3O2. The van der Waals surface area contributed by atoms with E-state index in [0.717, 1.165) is 18.5 Å². The van der Waals surface area contributed by atoms with E-state index in [1.54, 1.807) is 17.0 Å². The summed E-state index contributed by atoms with van der Waals surface area (Å²) in [6.07, 6.45) is 5.95. The lowest BCUT2D eigenvalue weighted by atomic mass is 10.1. The Morgan fingerprint density at radius 3 is 2.88 bits per heavy atom. The zero-order valence-corrected chi connectivity index (χ0v) is 14.6. The molecular weight excluding hydrogens is 326 g/mol. The Morgan fingerprint density at radius 1 is 1.12 bits per heavy atom. The molecule has 0 fully saturated rings. The Morgan fingerprint density at radius 2 is 1.96 bits per heavy atom. The van der Waals surface area contributed by atoms with Crippen LogP contribution in [0.1, 0.15) is 30.4 Å². The number of carbonyl (C=O) groups is 1. The molecule has 1 aliphatic rings. The molecule has 1 aliphatic carbocycles. The molecule has 132 valence electrons. The molecule has 0 saturated heterocycles. The summed E-state index contributed by atoms with van der Waals surface area (Å²) in [6, 6.07) is 13.5. The highest BCUT2D eigenvalue weighted by molar-refractivity contribution is 5.90. The van der Waals surface area contributed by atoms with Crippen LogP contribution in [0, 0.1) is 0 Å². The first-order valence-electron chi connectivity index (χ1n) is 9.06. The van der Waals surface area contributed by atoms with Crippen molar-refractivity contribution >= 4 is 22.5 Å². The molecule has 5 nitrogen and oxygen atoms in total. The Balaban J connectivity index is 1.35. The first kappa shape index (κ1) is 16.5. The number of fused-ring (bicyclic) bond motifs is 2. The normalized spacial score (nSPS) is 12.9. The number of aromatic nitrogens is 2. The van der Waals surface area contributed by atoms with Crippen LogP contribution in [0.2, 0.25) is 0 Å². The molecule has 1 aromatic heterocycles. The van der Waals surface area contributed by atoms with E-state index in [1.165, 1.54) is 17.5 Å². The van der Waals surface area contributed by atoms with Crippen LogP contribution >= 0.6 is 0 Å². The number of nitrogens with zero attached hydrogens (tertiary/aromatic N) is 2. The highest BCUT2D eigenvalue weighted by atomic mass is 16.1. The molecule has 26 heavy (non-hydrogen) atoms. The van der Waals surface area contributed by atoms with Crippen molar-refractivity contribution in [2.75, 3.05) is 5.32 Å². The summed E-state index contributed by atoms with van der Waals surface area (Å²) >= 11 is 0. The topological polar surface area (TPSA) is 64.0 Å². The summed E-state index contributed by atoms with van der Waals surface area (Å²) in [6.45, 7) is 0.480. The Bertz CT molecular complexity index is 1020. The lowest BCUT2D eigenvalue weighted by molar-refractivity contribution is -0.116. The molecule has 1 N–H and O–H groups in total. The third-order valence-electron chi connectivity index (χ3n) is 4.92. The van der Waals surface area contributed by atoms with Gasteiger partial charge in [0, 0.05) is 18.7 Å². The van der Waals surface area contributed by atoms with Crippen molar-refractivity contribution < 1.29 is 4.79 Å². The highest BCUT2D eigenvalue weighted by Crippen LogP contribution is 2.24. The SMILES string of the molecule is O=C(CCCn1cnc2ccccc2c1=O)Nc1ccc2c(c1)CCC2. The van der Waals surface area contributed by atoms with Gasteiger partial charge in [0.15, 0.2) is 0 Å². The van der Waals surface area contributed by atoms with E-state index in [9.17, 15) is 9.59 Å². The predicted molar refractivity (Wildman–Crippen MR) is 102 cm³/mol. The molecule has 5 heteroatoms. The summed E-state index contributed by atoms with van der Waals surface area (Å²) in [5.41, 5.74) is 4.24. The van der Waals surface area contributed by atoms with E-state index < -0.39 is 0 Å². The number of para-hydroxylation sites is 1. The zero-order chi connectivity index (χ0) is 17.9. The average molecular weight is 347 g/mol. The minimum atomic E-state index is -0.0605. The van der Waals surface area contributed by atoms with Crippen molar-refractivity contribution in [1.82, 2.24) is 9.55 Å². The highest BCUT2D eigenvalue weighted by Gasteiger charge is 2.12. The Labute approximate surface area is 151 Å². The Hall–Kier alpha value is -2.95. The first-order chi connectivity index (χ1) is 12.7. The molecule has 0 saturated carbocycles. The van der Waals surface area contributed by atoms with Crippen molar-refractivity contribution in [3.8, 4) is 0 Å². The van der Waals surface area contributed by atoms with E-state index in [-0.39, 0.29) is 11.5 Å². The van der Waals surface area contributed by atoms with Crippen LogP contribution in [0.4, 0.5) is 5.69 Å². The van der Waals surface area contributed by atoms with Crippen LogP contribution in [0.5, 0.6) is 0 Å². The number of amides is 1. The average Bonchev–Trinajstić information content (AvgIpc) is 3.11. The minimum absolute atomic E-state index is 0.0234. The lowest BCUT2D eigenvalue weighted by Gasteiger charge is -2.09. The summed E-state index contributed by atoms with van der Waals surface area (Å²) in [5.74, 6) is -0.0234. The minimum Gasteiger partial charge on any atom is -0.326 e. The number of carbonyl (C=O) groups excluding carboxylic acids is 1. The smallest absolute Gasteiger partial charge is 0.261 e. The molecule has 0 radical (unpaired) electrons. The third kappa shape index (κ3) is 3.38. The molecule has 1 amide bonds. The van der Waals surface area contributed by atoms with Gasteiger partial charge >= 0.3 is 0 Å². The number of anilines is 1. The van der Waals surface area contributed by atoms with Crippen LogP contribution in [-0.4, -0.2) is 15.5 Å². The van der Waals surface area contributed by atoms with Gasteiger partial charge in [-0.2, -0.15) is 0 Å². The predicted octanol–water partition coefficient (Wildman–Crippen LogP) is 3.30. The van der Waals surface area contributed by atoms with Gasteiger partial charge in [0.1, 0.15) is 0 Å². The molecule has 0 spiro atoms. The van der Waals surface area contributed by atoms with Gasteiger partial charge in [-0.25, -0.2) is 4.98 Å². The maximum Gasteiger partial charge on any atom is 0.261 e. The molecule has 4 rings (SSSR count). The molecule has 0 aliphatic heterocycles. The maximum atomic E-state index is 12.4. The number of hydrogen-bond acceptors (Lipinski definition) is 3. The van der Waals surface area contributed by atoms with Gasteiger partial charge in [-0.1, -0.05) is 18.2 Å². The number of aryl methyl sites for hydroxylation is 3. The Kier molecular flexibility index (Phi) is 4.52. The fraction of sp³-hybridized carbons (Fsp3) is 0.286. The monoisotopic (exact) mass is 347 g/mol. The van der Waals surface area contributed by atoms with Crippen molar-refractivity contribution in [3.05, 3.63) is 70.3 Å². The van der Waals surface area contributed by atoms with Crippen LogP contribution in [-0.2, 0) is 24.2 Å². The van der Waals surface area contributed by atoms with Gasteiger partial charge in [-0.3, -0.25) is 14.2 Å². The number of nitrogens with one attached hydrogen (secondary N) is 1. The molecule has 0 unspecified atom stereocenters. The van der Waals surface area contributed by atoms with Gasteiger partial charge in [0.25, 0.3) is 5.56 Å². The third-order valence-corrected chi connectivity index (χ3v) is 4.92. The van der Waals surface area contributed by atoms with E-state index in [0.29, 0.717) is 30.3 Å². The van der Waals surface area contributed by atoms with Crippen LogP contribution in [0.3, 0.4) is 0 Å². The van der Waals surface area contributed by atoms with Crippen molar-refractivity contribution in [2.45, 2.75) is 38.6 Å². The van der Waals surface area contributed by atoms with Crippen molar-refractivity contribution in [1.29, 1.82) is 0 Å². The quantitative estimate of drug-likeness (QED) is 0.770. The molecule has 0 atom stereocenters. The van der Waals surface area contributed by atoms with E-state index >= 15 is 0 Å². The fourth-order valence-corrected chi connectivity index (χ4v) is 3.55. The van der Waals surface area contributed by atoms with Gasteiger partial charge in [-0.15, -0.1) is 0 Å². The molecule has 3 aromatic rings.